The highest BCUT2D eigenvalue weighted by Gasteiger charge is 2.37. The fourth-order valence-electron chi connectivity index (χ4n) is 2.95. The highest BCUT2D eigenvalue weighted by Crippen LogP contribution is 2.20. The van der Waals surface area contributed by atoms with E-state index in [1.807, 2.05) is 18.2 Å². The lowest BCUT2D eigenvalue weighted by Crippen LogP contribution is -2.56. The highest BCUT2D eigenvalue weighted by atomic mass is 16.2. The number of carbonyl (C=O) groups is 2. The number of likely N-dealkylation sites (N-methyl/N-ethyl adjacent to an activating group) is 1. The molecule has 0 radical (unpaired) electrons. The summed E-state index contributed by atoms with van der Waals surface area (Å²) in [6, 6.07) is 8.64. The van der Waals surface area contributed by atoms with Gasteiger partial charge >= 0.3 is 0 Å². The second kappa shape index (κ2) is 7.51. The van der Waals surface area contributed by atoms with Crippen LogP contribution in [0.15, 0.2) is 47.5 Å². The summed E-state index contributed by atoms with van der Waals surface area (Å²) in [6.07, 6.45) is 3.97. The van der Waals surface area contributed by atoms with E-state index in [2.05, 4.69) is 4.98 Å². The standard InChI is InChI=1S/C19H22N4O3/c1-21(10-8-16-5-3-4-9-20-16)18(25)15-12-23(13-15)19(26)14-6-7-17(24)22(2)11-14/h3-7,9,11,15H,8,10,12-13H2,1-2H3. The molecule has 0 aromatic carbocycles. The van der Waals surface area contributed by atoms with Gasteiger partial charge in [-0.25, -0.2) is 0 Å². The normalized spacial score (nSPS) is 14.0. The van der Waals surface area contributed by atoms with Gasteiger partial charge in [0.25, 0.3) is 5.91 Å². The molecule has 7 nitrogen and oxygen atoms in total. The number of hydrogen-bond acceptors (Lipinski definition) is 4. The Kier molecular flexibility index (Phi) is 5.16. The fraction of sp³-hybridized carbons (Fsp3) is 0.368. The molecule has 1 aliphatic rings. The van der Waals surface area contributed by atoms with E-state index >= 15 is 0 Å². The molecule has 0 atom stereocenters. The predicted molar refractivity (Wildman–Crippen MR) is 96.7 cm³/mol. The number of amides is 2. The minimum Gasteiger partial charge on any atom is -0.345 e. The van der Waals surface area contributed by atoms with E-state index < -0.39 is 0 Å². The van der Waals surface area contributed by atoms with Gasteiger partial charge in [0, 0.05) is 64.3 Å². The van der Waals surface area contributed by atoms with Crippen LogP contribution in [0.4, 0.5) is 0 Å². The van der Waals surface area contributed by atoms with Gasteiger partial charge < -0.3 is 14.4 Å². The van der Waals surface area contributed by atoms with Crippen molar-refractivity contribution in [1.82, 2.24) is 19.4 Å². The molecule has 0 spiro atoms. The van der Waals surface area contributed by atoms with Crippen LogP contribution in [0, 0.1) is 5.92 Å². The second-order valence-corrected chi connectivity index (χ2v) is 6.60. The minimum atomic E-state index is -0.166. The number of carbonyl (C=O) groups excluding carboxylic acids is 2. The molecule has 3 heterocycles. The van der Waals surface area contributed by atoms with Gasteiger partial charge in [-0.1, -0.05) is 6.07 Å². The first-order valence-electron chi connectivity index (χ1n) is 8.56. The average molecular weight is 354 g/mol. The number of likely N-dealkylation sites (tertiary alicyclic amines) is 1. The summed E-state index contributed by atoms with van der Waals surface area (Å²) in [5.41, 5.74) is 1.25. The van der Waals surface area contributed by atoms with E-state index in [-0.39, 0.29) is 23.3 Å². The summed E-state index contributed by atoms with van der Waals surface area (Å²) in [4.78, 5) is 43.9. The smallest absolute Gasteiger partial charge is 0.255 e. The number of aromatic nitrogens is 2. The first kappa shape index (κ1) is 17.8. The molecule has 2 aromatic heterocycles. The summed E-state index contributed by atoms with van der Waals surface area (Å²) in [6.45, 7) is 1.42. The van der Waals surface area contributed by atoms with Crippen LogP contribution in [0.3, 0.4) is 0 Å². The van der Waals surface area contributed by atoms with Crippen molar-refractivity contribution in [2.75, 3.05) is 26.7 Å². The van der Waals surface area contributed by atoms with Gasteiger partial charge in [0.05, 0.1) is 11.5 Å². The van der Waals surface area contributed by atoms with Gasteiger partial charge in [-0.05, 0) is 18.2 Å². The van der Waals surface area contributed by atoms with Crippen LogP contribution in [0.1, 0.15) is 16.1 Å². The Morgan fingerprint density at radius 1 is 1.23 bits per heavy atom. The van der Waals surface area contributed by atoms with Crippen molar-refractivity contribution in [3.8, 4) is 0 Å². The lowest BCUT2D eigenvalue weighted by atomic mass is 9.97. The third kappa shape index (κ3) is 3.82. The van der Waals surface area contributed by atoms with E-state index in [4.69, 9.17) is 0 Å². The summed E-state index contributed by atoms with van der Waals surface area (Å²) in [7, 11) is 3.39. The molecule has 26 heavy (non-hydrogen) atoms. The summed E-state index contributed by atoms with van der Waals surface area (Å²) in [5.74, 6) is -0.272. The van der Waals surface area contributed by atoms with Crippen molar-refractivity contribution >= 4 is 11.8 Å². The summed E-state index contributed by atoms with van der Waals surface area (Å²) in [5, 5.41) is 0. The molecular formula is C19H22N4O3. The van der Waals surface area contributed by atoms with Crippen molar-refractivity contribution in [2.45, 2.75) is 6.42 Å². The molecule has 0 saturated carbocycles. The Balaban J connectivity index is 1.50. The monoisotopic (exact) mass is 354 g/mol. The molecule has 7 heteroatoms. The molecule has 136 valence electrons. The zero-order chi connectivity index (χ0) is 18.7. The summed E-state index contributed by atoms with van der Waals surface area (Å²) >= 11 is 0. The largest absolute Gasteiger partial charge is 0.345 e. The maximum Gasteiger partial charge on any atom is 0.255 e. The van der Waals surface area contributed by atoms with Crippen LogP contribution < -0.4 is 5.56 Å². The first-order valence-corrected chi connectivity index (χ1v) is 8.56. The minimum absolute atomic E-state index is 0.0467. The SMILES string of the molecule is CN(CCc1ccccn1)C(=O)C1CN(C(=O)c2ccc(=O)n(C)c2)C1. The maximum absolute atomic E-state index is 12.5. The Morgan fingerprint density at radius 3 is 2.65 bits per heavy atom. The number of rotatable bonds is 5. The molecule has 2 amide bonds. The molecule has 0 bridgehead atoms. The first-order chi connectivity index (χ1) is 12.5. The molecule has 2 aromatic rings. The zero-order valence-electron chi connectivity index (χ0n) is 15.0. The fourth-order valence-corrected chi connectivity index (χ4v) is 2.95. The van der Waals surface area contributed by atoms with E-state index in [0.29, 0.717) is 31.6 Å². The molecule has 0 N–H and O–H groups in total. The Hall–Kier alpha value is -2.96. The van der Waals surface area contributed by atoms with E-state index in [9.17, 15) is 14.4 Å². The molecule has 1 saturated heterocycles. The van der Waals surface area contributed by atoms with Gasteiger partial charge in [0.2, 0.25) is 11.5 Å². The third-order valence-electron chi connectivity index (χ3n) is 4.66. The Bertz CT molecular complexity index is 857. The molecule has 1 aliphatic heterocycles. The number of pyridine rings is 2. The van der Waals surface area contributed by atoms with Crippen LogP contribution in [-0.4, -0.2) is 57.8 Å². The molecule has 0 unspecified atom stereocenters. The zero-order valence-corrected chi connectivity index (χ0v) is 15.0. The number of hydrogen-bond donors (Lipinski definition) is 0. The maximum atomic E-state index is 12.5. The topological polar surface area (TPSA) is 75.5 Å². The van der Waals surface area contributed by atoms with Crippen LogP contribution in [0.2, 0.25) is 0 Å². The lowest BCUT2D eigenvalue weighted by Gasteiger charge is -2.40. The third-order valence-corrected chi connectivity index (χ3v) is 4.66. The summed E-state index contributed by atoms with van der Waals surface area (Å²) < 4.78 is 1.38. The van der Waals surface area contributed by atoms with Crippen LogP contribution >= 0.6 is 0 Å². The van der Waals surface area contributed by atoms with Crippen molar-refractivity contribution in [2.24, 2.45) is 13.0 Å². The van der Waals surface area contributed by atoms with E-state index in [1.54, 1.807) is 30.1 Å². The Morgan fingerprint density at radius 2 is 2.00 bits per heavy atom. The lowest BCUT2D eigenvalue weighted by molar-refractivity contribution is -0.138. The average Bonchev–Trinajstić information content (AvgIpc) is 2.61. The molecule has 3 rings (SSSR count). The highest BCUT2D eigenvalue weighted by molar-refractivity contribution is 5.95. The van der Waals surface area contributed by atoms with Crippen molar-refractivity contribution in [3.63, 3.8) is 0 Å². The van der Waals surface area contributed by atoms with Crippen molar-refractivity contribution in [1.29, 1.82) is 0 Å². The number of aryl methyl sites for hydroxylation is 1. The Labute approximate surface area is 151 Å². The van der Waals surface area contributed by atoms with Crippen molar-refractivity contribution in [3.05, 3.63) is 64.3 Å². The van der Waals surface area contributed by atoms with Gasteiger partial charge in [0.15, 0.2) is 0 Å². The molecular weight excluding hydrogens is 332 g/mol. The van der Waals surface area contributed by atoms with Gasteiger partial charge in [-0.2, -0.15) is 0 Å². The van der Waals surface area contributed by atoms with Gasteiger partial charge in [0.1, 0.15) is 0 Å². The number of nitrogens with zero attached hydrogens (tertiary/aromatic N) is 4. The quantitative estimate of drug-likeness (QED) is 0.786. The van der Waals surface area contributed by atoms with Gasteiger partial charge in [-0.3, -0.25) is 19.4 Å². The molecule has 0 aliphatic carbocycles. The van der Waals surface area contributed by atoms with Crippen LogP contribution in [-0.2, 0) is 18.3 Å². The van der Waals surface area contributed by atoms with E-state index in [1.165, 1.54) is 22.9 Å². The second-order valence-electron chi connectivity index (χ2n) is 6.60. The van der Waals surface area contributed by atoms with E-state index in [0.717, 1.165) is 5.69 Å². The van der Waals surface area contributed by atoms with Crippen LogP contribution in [0.5, 0.6) is 0 Å². The van der Waals surface area contributed by atoms with Crippen molar-refractivity contribution < 1.29 is 9.59 Å². The molecule has 1 fully saturated rings. The van der Waals surface area contributed by atoms with Crippen LogP contribution in [0.25, 0.3) is 0 Å². The van der Waals surface area contributed by atoms with Gasteiger partial charge in [-0.15, -0.1) is 0 Å². The predicted octanol–water partition coefficient (Wildman–Crippen LogP) is 0.553.